The van der Waals surface area contributed by atoms with Crippen molar-refractivity contribution in [3.05, 3.63) is 59.2 Å². The summed E-state index contributed by atoms with van der Waals surface area (Å²) < 4.78 is 84.1. The number of nitrogens with zero attached hydrogens (tertiary/aromatic N) is 1. The summed E-state index contributed by atoms with van der Waals surface area (Å²) in [4.78, 5) is 25.2. The molecule has 11 heteroatoms. The number of benzene rings is 2. The molecule has 0 bridgehead atoms. The lowest BCUT2D eigenvalue weighted by Gasteiger charge is -2.37. The van der Waals surface area contributed by atoms with Crippen molar-refractivity contribution in [2.45, 2.75) is 24.6 Å². The number of amides is 1. The molecule has 0 saturated carbocycles. The Morgan fingerprint density at radius 3 is 2.32 bits per heavy atom. The molecule has 0 radical (unpaired) electrons. The van der Waals surface area contributed by atoms with E-state index in [4.69, 9.17) is 0 Å². The maximum Gasteiger partial charge on any atom is 0.490 e. The summed E-state index contributed by atoms with van der Waals surface area (Å²) in [5.74, 6) is -3.47. The highest BCUT2D eigenvalue weighted by atomic mass is 19.4. The molecule has 2 aliphatic heterocycles. The summed E-state index contributed by atoms with van der Waals surface area (Å²) >= 11 is 0. The first-order chi connectivity index (χ1) is 14.5. The van der Waals surface area contributed by atoms with E-state index in [1.54, 1.807) is 30.3 Å². The van der Waals surface area contributed by atoms with Crippen molar-refractivity contribution in [2.24, 2.45) is 0 Å². The number of carbonyl (C=O) groups excluding carboxylic acids is 2. The molecular weight excluding hydrogens is 430 g/mol. The Hall–Kier alpha value is -3.08. The standard InChI is InChI=1S/C20H14F6N2O3/c21-19(22,23)13-9-11(10-4-2-1-3-5-10)8-12-14(13)17(29)28-7-6-27-16(15(12)28)31-18(30)20(24,25)26/h1-5,8-9,15-16,27H,6-7H2/t15-,16?/m1/s1. The summed E-state index contributed by atoms with van der Waals surface area (Å²) in [7, 11) is 0. The van der Waals surface area contributed by atoms with Crippen LogP contribution in [0.1, 0.15) is 27.5 Å². The van der Waals surface area contributed by atoms with Crippen molar-refractivity contribution < 1.29 is 40.7 Å². The fourth-order valence-corrected chi connectivity index (χ4v) is 3.89. The number of nitrogens with one attached hydrogen (secondary N) is 1. The summed E-state index contributed by atoms with van der Waals surface area (Å²) in [6.07, 6.45) is -11.8. The number of halogens is 6. The van der Waals surface area contributed by atoms with E-state index in [0.29, 0.717) is 5.56 Å². The van der Waals surface area contributed by atoms with Crippen molar-refractivity contribution >= 4 is 11.9 Å². The van der Waals surface area contributed by atoms with Crippen molar-refractivity contribution in [1.29, 1.82) is 0 Å². The van der Waals surface area contributed by atoms with E-state index in [1.807, 2.05) is 0 Å². The average Bonchev–Trinajstić information content (AvgIpc) is 3.00. The van der Waals surface area contributed by atoms with Gasteiger partial charge < -0.3 is 9.64 Å². The minimum Gasteiger partial charge on any atom is -0.437 e. The summed E-state index contributed by atoms with van der Waals surface area (Å²) in [5.41, 5.74) is -1.42. The van der Waals surface area contributed by atoms with Crippen molar-refractivity contribution in [3.8, 4) is 11.1 Å². The summed E-state index contributed by atoms with van der Waals surface area (Å²) in [6.45, 7) is -0.116. The van der Waals surface area contributed by atoms with Crippen LogP contribution in [0.25, 0.3) is 11.1 Å². The van der Waals surface area contributed by atoms with Gasteiger partial charge in [0.25, 0.3) is 5.91 Å². The maximum absolute atomic E-state index is 13.8. The van der Waals surface area contributed by atoms with Crippen molar-refractivity contribution in [2.75, 3.05) is 13.1 Å². The zero-order chi connectivity index (χ0) is 22.6. The molecule has 4 rings (SSSR count). The normalized spacial score (nSPS) is 21.0. The van der Waals surface area contributed by atoms with Gasteiger partial charge in [-0.3, -0.25) is 10.1 Å². The van der Waals surface area contributed by atoms with Gasteiger partial charge in [-0.2, -0.15) is 26.3 Å². The first-order valence-electron chi connectivity index (χ1n) is 9.11. The zero-order valence-corrected chi connectivity index (χ0v) is 15.6. The third-order valence-corrected chi connectivity index (χ3v) is 5.16. The van der Waals surface area contributed by atoms with Crippen LogP contribution < -0.4 is 5.32 Å². The van der Waals surface area contributed by atoms with Crippen LogP contribution in [0.15, 0.2) is 42.5 Å². The molecule has 0 spiro atoms. The minimum absolute atomic E-state index is 0.0566. The van der Waals surface area contributed by atoms with Gasteiger partial charge in [0.2, 0.25) is 0 Å². The first kappa shape index (κ1) is 21.2. The number of esters is 1. The number of carbonyl (C=O) groups is 2. The number of alkyl halides is 6. The lowest BCUT2D eigenvalue weighted by atomic mass is 9.92. The predicted molar refractivity (Wildman–Crippen MR) is 94.6 cm³/mol. The van der Waals surface area contributed by atoms with Crippen LogP contribution in [-0.4, -0.2) is 42.3 Å². The minimum atomic E-state index is -5.29. The molecule has 31 heavy (non-hydrogen) atoms. The number of ether oxygens (including phenoxy) is 1. The van der Waals surface area contributed by atoms with Crippen LogP contribution in [0, 0.1) is 0 Å². The SMILES string of the molecule is O=C1c2c(cc(-c3ccccc3)cc2C(F)(F)F)[C@@H]2C(OC(=O)C(F)(F)F)NCCN12. The van der Waals surface area contributed by atoms with E-state index in [9.17, 15) is 35.9 Å². The van der Waals surface area contributed by atoms with Gasteiger partial charge in [-0.1, -0.05) is 30.3 Å². The highest BCUT2D eigenvalue weighted by Gasteiger charge is 2.51. The smallest absolute Gasteiger partial charge is 0.437 e. The third-order valence-electron chi connectivity index (χ3n) is 5.16. The van der Waals surface area contributed by atoms with Crippen molar-refractivity contribution in [1.82, 2.24) is 10.2 Å². The highest BCUT2D eigenvalue weighted by Crippen LogP contribution is 2.46. The molecule has 0 aliphatic carbocycles. The van der Waals surface area contributed by atoms with E-state index >= 15 is 0 Å². The Kier molecular flexibility index (Phi) is 4.95. The highest BCUT2D eigenvalue weighted by molar-refractivity contribution is 6.02. The molecule has 1 unspecified atom stereocenters. The molecule has 2 heterocycles. The fraction of sp³-hybridized carbons (Fsp3) is 0.300. The Labute approximate surface area is 171 Å². The van der Waals surface area contributed by atoms with E-state index < -0.39 is 47.6 Å². The van der Waals surface area contributed by atoms with Gasteiger partial charge in [0.15, 0.2) is 6.23 Å². The molecule has 1 N–H and O–H groups in total. The third kappa shape index (κ3) is 3.73. The monoisotopic (exact) mass is 444 g/mol. The largest absolute Gasteiger partial charge is 0.490 e. The molecule has 0 aromatic heterocycles. The summed E-state index contributed by atoms with van der Waals surface area (Å²) in [5, 5.41) is 2.55. The molecule has 2 aromatic carbocycles. The Morgan fingerprint density at radius 2 is 1.71 bits per heavy atom. The molecule has 2 aliphatic rings. The van der Waals surface area contributed by atoms with E-state index in [0.717, 1.165) is 11.0 Å². The van der Waals surface area contributed by atoms with E-state index in [2.05, 4.69) is 10.1 Å². The molecule has 1 amide bonds. The number of hydrogen-bond acceptors (Lipinski definition) is 4. The van der Waals surface area contributed by atoms with Crippen LogP contribution in [-0.2, 0) is 15.7 Å². The second-order valence-corrected chi connectivity index (χ2v) is 7.07. The molecular formula is C20H14F6N2O3. The number of fused-ring (bicyclic) bond motifs is 3. The van der Waals surface area contributed by atoms with Crippen LogP contribution in [0.5, 0.6) is 0 Å². The van der Waals surface area contributed by atoms with Crippen LogP contribution in [0.2, 0.25) is 0 Å². The quantitative estimate of drug-likeness (QED) is 0.564. The van der Waals surface area contributed by atoms with Crippen LogP contribution in [0.3, 0.4) is 0 Å². The van der Waals surface area contributed by atoms with Gasteiger partial charge in [-0.05, 0) is 28.8 Å². The molecule has 5 nitrogen and oxygen atoms in total. The second kappa shape index (κ2) is 7.26. The average molecular weight is 444 g/mol. The predicted octanol–water partition coefficient (Wildman–Crippen LogP) is 3.90. The maximum atomic E-state index is 13.8. The second-order valence-electron chi connectivity index (χ2n) is 7.07. The molecule has 1 fully saturated rings. The Bertz CT molecular complexity index is 1040. The van der Waals surface area contributed by atoms with Gasteiger partial charge in [-0.25, -0.2) is 4.79 Å². The van der Waals surface area contributed by atoms with Crippen LogP contribution >= 0.6 is 0 Å². The topological polar surface area (TPSA) is 58.6 Å². The van der Waals surface area contributed by atoms with E-state index in [1.165, 1.54) is 6.07 Å². The lowest BCUT2D eigenvalue weighted by molar-refractivity contribution is -0.210. The molecule has 2 atom stereocenters. The number of piperazine rings is 1. The lowest BCUT2D eigenvalue weighted by Crippen LogP contribution is -2.54. The van der Waals surface area contributed by atoms with Gasteiger partial charge >= 0.3 is 18.3 Å². The molecule has 164 valence electrons. The van der Waals surface area contributed by atoms with Gasteiger partial charge in [0.05, 0.1) is 11.1 Å². The zero-order valence-electron chi connectivity index (χ0n) is 15.6. The van der Waals surface area contributed by atoms with Gasteiger partial charge in [0, 0.05) is 13.1 Å². The van der Waals surface area contributed by atoms with Crippen molar-refractivity contribution in [3.63, 3.8) is 0 Å². The van der Waals surface area contributed by atoms with E-state index in [-0.39, 0.29) is 24.2 Å². The Morgan fingerprint density at radius 1 is 1.03 bits per heavy atom. The number of rotatable bonds is 2. The summed E-state index contributed by atoms with van der Waals surface area (Å²) in [6, 6.07) is 8.87. The van der Waals surface area contributed by atoms with Crippen LogP contribution in [0.4, 0.5) is 26.3 Å². The van der Waals surface area contributed by atoms with Gasteiger partial charge in [-0.15, -0.1) is 0 Å². The molecule has 2 aromatic rings. The first-order valence-corrected chi connectivity index (χ1v) is 9.11. The Balaban J connectivity index is 1.86. The number of hydrogen-bond donors (Lipinski definition) is 1. The molecule has 1 saturated heterocycles. The fourth-order valence-electron chi connectivity index (χ4n) is 3.89. The van der Waals surface area contributed by atoms with Gasteiger partial charge in [0.1, 0.15) is 6.04 Å².